The molecule has 9 nitrogen and oxygen atoms in total. The summed E-state index contributed by atoms with van der Waals surface area (Å²) in [7, 11) is -3.80. The van der Waals surface area contributed by atoms with Crippen LogP contribution < -0.4 is 21.1 Å². The number of hydrogen-bond donors (Lipinski definition) is 4. The van der Waals surface area contributed by atoms with E-state index in [1.807, 2.05) is 20.8 Å². The van der Waals surface area contributed by atoms with Crippen LogP contribution in [0.3, 0.4) is 0 Å². The molecule has 0 saturated carbocycles. The van der Waals surface area contributed by atoms with Crippen molar-refractivity contribution >= 4 is 39.0 Å². The minimum absolute atomic E-state index is 0.0495. The van der Waals surface area contributed by atoms with Gasteiger partial charge in [-0.2, -0.15) is 0 Å². The number of nitrogens with one attached hydrogen (secondary N) is 3. The van der Waals surface area contributed by atoms with Crippen LogP contribution in [-0.4, -0.2) is 32.6 Å². The van der Waals surface area contributed by atoms with Crippen molar-refractivity contribution in [2.45, 2.75) is 44.1 Å². The van der Waals surface area contributed by atoms with Gasteiger partial charge in [0.25, 0.3) is 0 Å². The monoisotopic (exact) mass is 448 g/mol. The first kappa shape index (κ1) is 24.3. The average molecular weight is 449 g/mol. The molecule has 0 saturated heterocycles. The van der Waals surface area contributed by atoms with E-state index >= 15 is 0 Å². The Kier molecular flexibility index (Phi) is 8.14. The summed E-state index contributed by atoms with van der Waals surface area (Å²) < 4.78 is 28.1. The fourth-order valence-electron chi connectivity index (χ4n) is 2.80. The molecule has 10 heteroatoms. The summed E-state index contributed by atoms with van der Waals surface area (Å²) in [6.07, 6.45) is 0.886. The lowest BCUT2D eigenvalue weighted by Gasteiger charge is -2.24. The van der Waals surface area contributed by atoms with Gasteiger partial charge < -0.3 is 20.7 Å². The van der Waals surface area contributed by atoms with Gasteiger partial charge in [0, 0.05) is 30.1 Å². The van der Waals surface area contributed by atoms with Gasteiger partial charge in [0.2, 0.25) is 15.9 Å². The van der Waals surface area contributed by atoms with Crippen LogP contribution >= 0.6 is 0 Å². The van der Waals surface area contributed by atoms with Crippen molar-refractivity contribution in [1.82, 2.24) is 0 Å². The van der Waals surface area contributed by atoms with Gasteiger partial charge in [-0.15, -0.1) is 0 Å². The number of primary sulfonamides is 1. The molecular weight excluding hydrogens is 420 g/mol. The first-order valence-corrected chi connectivity index (χ1v) is 11.3. The molecule has 0 unspecified atom stereocenters. The summed E-state index contributed by atoms with van der Waals surface area (Å²) in [6, 6.07) is 11.7. The molecule has 0 radical (unpaired) electrons. The highest BCUT2D eigenvalue weighted by molar-refractivity contribution is 7.89. The molecule has 0 aliphatic heterocycles. The molecule has 0 aromatic heterocycles. The predicted octanol–water partition coefficient (Wildman–Crippen LogP) is 3.51. The Labute approximate surface area is 182 Å². The zero-order valence-electron chi connectivity index (χ0n) is 17.8. The van der Waals surface area contributed by atoms with Crippen molar-refractivity contribution in [3.05, 3.63) is 48.5 Å². The average Bonchev–Trinajstić information content (AvgIpc) is 2.66. The molecule has 168 valence electrons. The van der Waals surface area contributed by atoms with Crippen molar-refractivity contribution in [2.24, 2.45) is 5.14 Å². The maximum absolute atomic E-state index is 12.2. The predicted molar refractivity (Wildman–Crippen MR) is 120 cm³/mol. The van der Waals surface area contributed by atoms with E-state index in [0.29, 0.717) is 36.5 Å². The fraction of sp³-hybridized carbons (Fsp3) is 0.333. The van der Waals surface area contributed by atoms with Gasteiger partial charge in [-0.3, -0.25) is 4.79 Å². The van der Waals surface area contributed by atoms with Gasteiger partial charge in [-0.25, -0.2) is 18.4 Å². The molecule has 0 bridgehead atoms. The van der Waals surface area contributed by atoms with Crippen LogP contribution in [0.2, 0.25) is 0 Å². The molecule has 0 aliphatic rings. The van der Waals surface area contributed by atoms with Crippen LogP contribution in [0, 0.1) is 0 Å². The molecule has 0 heterocycles. The van der Waals surface area contributed by atoms with Crippen LogP contribution in [-0.2, 0) is 19.6 Å². The molecule has 2 aromatic carbocycles. The van der Waals surface area contributed by atoms with Crippen LogP contribution in [0.15, 0.2) is 53.4 Å². The number of anilines is 3. The van der Waals surface area contributed by atoms with Gasteiger partial charge >= 0.3 is 6.03 Å². The summed E-state index contributed by atoms with van der Waals surface area (Å²) >= 11 is 0. The number of benzene rings is 2. The zero-order chi connectivity index (χ0) is 23.1. The summed E-state index contributed by atoms with van der Waals surface area (Å²) in [5.41, 5.74) is 1.05. The minimum atomic E-state index is -3.80. The smallest absolute Gasteiger partial charge is 0.323 e. The van der Waals surface area contributed by atoms with Crippen molar-refractivity contribution < 1.29 is 22.7 Å². The maximum atomic E-state index is 12.2. The van der Waals surface area contributed by atoms with E-state index in [-0.39, 0.29) is 16.4 Å². The van der Waals surface area contributed by atoms with Gasteiger partial charge in [0.1, 0.15) is 0 Å². The lowest BCUT2D eigenvalue weighted by Crippen LogP contribution is -2.26. The molecule has 2 rings (SSSR count). The van der Waals surface area contributed by atoms with Gasteiger partial charge in [0.05, 0.1) is 10.5 Å². The second-order valence-corrected chi connectivity index (χ2v) is 9.03. The van der Waals surface area contributed by atoms with Gasteiger partial charge in [-0.1, -0.05) is 6.07 Å². The third-order valence-electron chi connectivity index (χ3n) is 4.33. The summed E-state index contributed by atoms with van der Waals surface area (Å²) in [4.78, 5) is 24.4. The number of amides is 3. The lowest BCUT2D eigenvalue weighted by atomic mass is 10.0. The molecule has 0 atom stereocenters. The first-order chi connectivity index (χ1) is 14.5. The first-order valence-electron chi connectivity index (χ1n) is 9.73. The Morgan fingerprint density at radius 1 is 0.968 bits per heavy atom. The summed E-state index contributed by atoms with van der Waals surface area (Å²) in [5, 5.41) is 13.1. The lowest BCUT2D eigenvalue weighted by molar-refractivity contribution is -0.117. The van der Waals surface area contributed by atoms with Crippen molar-refractivity contribution in [3.8, 4) is 0 Å². The third kappa shape index (κ3) is 8.36. The van der Waals surface area contributed by atoms with E-state index in [0.717, 1.165) is 0 Å². The highest BCUT2D eigenvalue weighted by Crippen LogP contribution is 2.19. The Morgan fingerprint density at radius 2 is 1.55 bits per heavy atom. The van der Waals surface area contributed by atoms with Gasteiger partial charge in [0.15, 0.2) is 0 Å². The molecule has 2 aromatic rings. The fourth-order valence-corrected chi connectivity index (χ4v) is 3.31. The molecule has 0 aliphatic carbocycles. The number of urea groups is 1. The van der Waals surface area contributed by atoms with Crippen LogP contribution in [0.1, 0.15) is 33.6 Å². The molecule has 5 N–H and O–H groups in total. The van der Waals surface area contributed by atoms with E-state index in [9.17, 15) is 18.0 Å². The Balaban J connectivity index is 1.91. The normalized spacial score (nSPS) is 11.6. The van der Waals surface area contributed by atoms with Crippen molar-refractivity contribution in [1.29, 1.82) is 0 Å². The third-order valence-corrected chi connectivity index (χ3v) is 5.26. The number of rotatable bonds is 9. The number of ether oxygens (including phenoxy) is 1. The molecule has 0 fully saturated rings. The maximum Gasteiger partial charge on any atom is 0.323 e. The standard InChI is InChI=1S/C21H28N4O5S/c1-4-30-21(2,3)13-12-19(26)23-16-6-5-7-17(14-16)25-20(27)24-15-8-10-18(11-9-15)31(22,28)29/h5-11,14H,4,12-13H2,1-3H3,(H,23,26)(H2,22,28,29)(H2,24,25,27). The highest BCUT2D eigenvalue weighted by Gasteiger charge is 2.19. The van der Waals surface area contributed by atoms with Crippen molar-refractivity contribution in [2.75, 3.05) is 22.6 Å². The second-order valence-electron chi connectivity index (χ2n) is 7.47. The zero-order valence-corrected chi connectivity index (χ0v) is 18.6. The van der Waals surface area contributed by atoms with Crippen LogP contribution in [0.4, 0.5) is 21.9 Å². The van der Waals surface area contributed by atoms with E-state index in [4.69, 9.17) is 9.88 Å². The van der Waals surface area contributed by atoms with Crippen LogP contribution in [0.25, 0.3) is 0 Å². The Morgan fingerprint density at radius 3 is 2.13 bits per heavy atom. The van der Waals surface area contributed by atoms with Crippen molar-refractivity contribution in [3.63, 3.8) is 0 Å². The Bertz CT molecular complexity index is 1020. The highest BCUT2D eigenvalue weighted by atomic mass is 32.2. The quantitative estimate of drug-likeness (QED) is 0.465. The molecular formula is C21H28N4O5S. The molecule has 3 amide bonds. The van der Waals surface area contributed by atoms with E-state index in [1.54, 1.807) is 24.3 Å². The topological polar surface area (TPSA) is 140 Å². The Hall–Kier alpha value is -2.95. The number of carbonyl (C=O) groups excluding carboxylic acids is 2. The number of carbonyl (C=O) groups is 2. The summed E-state index contributed by atoms with van der Waals surface area (Å²) in [5.74, 6) is -0.149. The SMILES string of the molecule is CCOC(C)(C)CCC(=O)Nc1cccc(NC(=O)Nc2ccc(S(N)(=O)=O)cc2)c1. The van der Waals surface area contributed by atoms with E-state index in [2.05, 4.69) is 16.0 Å². The minimum Gasteiger partial charge on any atom is -0.376 e. The second kappa shape index (κ2) is 10.4. The molecule has 0 spiro atoms. The number of sulfonamides is 1. The summed E-state index contributed by atoms with van der Waals surface area (Å²) in [6.45, 7) is 6.38. The number of nitrogens with two attached hydrogens (primary N) is 1. The largest absolute Gasteiger partial charge is 0.376 e. The van der Waals surface area contributed by atoms with E-state index < -0.39 is 16.1 Å². The number of hydrogen-bond acceptors (Lipinski definition) is 5. The van der Waals surface area contributed by atoms with Gasteiger partial charge in [-0.05, 0) is 69.7 Å². The van der Waals surface area contributed by atoms with Crippen LogP contribution in [0.5, 0.6) is 0 Å². The van der Waals surface area contributed by atoms with E-state index in [1.165, 1.54) is 24.3 Å². The molecule has 31 heavy (non-hydrogen) atoms.